The number of ether oxygens (including phenoxy) is 1. The third kappa shape index (κ3) is 6.30. The van der Waals surface area contributed by atoms with E-state index < -0.39 is 11.7 Å². The predicted octanol–water partition coefficient (Wildman–Crippen LogP) is 4.89. The van der Waals surface area contributed by atoms with Crippen molar-refractivity contribution in [3.05, 3.63) is 89.7 Å². The fraction of sp³-hybridized carbons (Fsp3) is 0.227. The highest BCUT2D eigenvalue weighted by molar-refractivity contribution is 5.36. The van der Waals surface area contributed by atoms with Crippen molar-refractivity contribution < 1.29 is 23.0 Å². The molecule has 1 N–H and O–H groups in total. The number of hydrogen-bond donors (Lipinski definition) is 1. The Morgan fingerprint density at radius 1 is 0.897 bits per heavy atom. The first kappa shape index (κ1) is 20.8. The predicted molar refractivity (Wildman–Crippen MR) is 103 cm³/mol. The number of aliphatic hydroxyl groups is 1. The van der Waals surface area contributed by atoms with Gasteiger partial charge in [-0.05, 0) is 47.5 Å². The number of hydrogen-bond acceptors (Lipinski definition) is 4. The van der Waals surface area contributed by atoms with Crippen molar-refractivity contribution in [2.45, 2.75) is 19.3 Å². The molecule has 152 valence electrons. The number of benzene rings is 2. The van der Waals surface area contributed by atoms with Crippen LogP contribution >= 0.6 is 0 Å². The standard InChI is InChI=1S/C22H21F3N2O2/c23-22(24,25)19-6-2-8-21(13-19)29-20-7-1-4-17(12-20)15-27(10-11-28)16-18-5-3-9-26-14-18/h1-9,12-14,28H,10-11,15-16H2. The Morgan fingerprint density at radius 2 is 1.59 bits per heavy atom. The quantitative estimate of drug-likeness (QED) is 0.583. The summed E-state index contributed by atoms with van der Waals surface area (Å²) in [5.41, 5.74) is 1.20. The Balaban J connectivity index is 1.71. The molecule has 0 aliphatic rings. The van der Waals surface area contributed by atoms with E-state index in [1.54, 1.807) is 30.6 Å². The van der Waals surface area contributed by atoms with Crippen LogP contribution in [0.5, 0.6) is 11.5 Å². The van der Waals surface area contributed by atoms with Crippen LogP contribution in [0.15, 0.2) is 73.1 Å². The summed E-state index contributed by atoms with van der Waals surface area (Å²) in [6.45, 7) is 1.66. The Hall–Kier alpha value is -2.90. The van der Waals surface area contributed by atoms with E-state index in [1.807, 2.05) is 18.2 Å². The first-order valence-corrected chi connectivity index (χ1v) is 9.10. The van der Waals surface area contributed by atoms with Gasteiger partial charge in [-0.25, -0.2) is 0 Å². The molecule has 0 aliphatic heterocycles. The van der Waals surface area contributed by atoms with E-state index in [-0.39, 0.29) is 12.4 Å². The number of nitrogens with zero attached hydrogens (tertiary/aromatic N) is 2. The van der Waals surface area contributed by atoms with Crippen molar-refractivity contribution in [3.8, 4) is 11.5 Å². The van der Waals surface area contributed by atoms with Crippen molar-refractivity contribution in [2.24, 2.45) is 0 Å². The number of alkyl halides is 3. The SMILES string of the molecule is OCCN(Cc1cccnc1)Cc1cccc(Oc2cccc(C(F)(F)F)c2)c1. The van der Waals surface area contributed by atoms with Gasteiger partial charge in [-0.1, -0.05) is 24.3 Å². The van der Waals surface area contributed by atoms with Crippen LogP contribution in [0.2, 0.25) is 0 Å². The van der Waals surface area contributed by atoms with Crippen molar-refractivity contribution in [3.63, 3.8) is 0 Å². The second kappa shape index (κ2) is 9.54. The minimum atomic E-state index is -4.42. The van der Waals surface area contributed by atoms with Crippen LogP contribution in [0.4, 0.5) is 13.2 Å². The minimum absolute atomic E-state index is 0.0146. The Bertz CT molecular complexity index is 917. The maximum absolute atomic E-state index is 12.9. The molecule has 29 heavy (non-hydrogen) atoms. The summed E-state index contributed by atoms with van der Waals surface area (Å²) in [5.74, 6) is 0.576. The maximum Gasteiger partial charge on any atom is 0.416 e. The molecule has 0 bridgehead atoms. The summed E-state index contributed by atoms with van der Waals surface area (Å²) in [6.07, 6.45) is -0.940. The maximum atomic E-state index is 12.9. The lowest BCUT2D eigenvalue weighted by molar-refractivity contribution is -0.137. The molecule has 7 heteroatoms. The van der Waals surface area contributed by atoms with Crippen LogP contribution in [-0.2, 0) is 19.3 Å². The lowest BCUT2D eigenvalue weighted by Crippen LogP contribution is -2.26. The zero-order valence-electron chi connectivity index (χ0n) is 15.6. The van der Waals surface area contributed by atoms with Gasteiger partial charge in [0.25, 0.3) is 0 Å². The second-order valence-electron chi connectivity index (χ2n) is 6.57. The normalized spacial score (nSPS) is 11.6. The van der Waals surface area contributed by atoms with Crippen molar-refractivity contribution in [2.75, 3.05) is 13.2 Å². The van der Waals surface area contributed by atoms with Gasteiger partial charge in [0.15, 0.2) is 0 Å². The van der Waals surface area contributed by atoms with Crippen LogP contribution < -0.4 is 4.74 Å². The van der Waals surface area contributed by atoms with Crippen molar-refractivity contribution in [1.82, 2.24) is 9.88 Å². The number of rotatable bonds is 8. The minimum Gasteiger partial charge on any atom is -0.457 e. The summed E-state index contributed by atoms with van der Waals surface area (Å²) in [6, 6.07) is 15.8. The highest BCUT2D eigenvalue weighted by Gasteiger charge is 2.30. The summed E-state index contributed by atoms with van der Waals surface area (Å²) in [4.78, 5) is 6.16. The first-order valence-electron chi connectivity index (χ1n) is 9.10. The molecule has 4 nitrogen and oxygen atoms in total. The largest absolute Gasteiger partial charge is 0.457 e. The number of aromatic nitrogens is 1. The molecular formula is C22H21F3N2O2. The van der Waals surface area contributed by atoms with E-state index in [0.29, 0.717) is 25.4 Å². The Kier molecular flexibility index (Phi) is 6.85. The van der Waals surface area contributed by atoms with Crippen molar-refractivity contribution in [1.29, 1.82) is 0 Å². The van der Waals surface area contributed by atoms with Gasteiger partial charge in [-0.2, -0.15) is 13.2 Å². The van der Waals surface area contributed by atoms with E-state index in [1.165, 1.54) is 12.1 Å². The molecule has 0 aliphatic carbocycles. The molecule has 3 rings (SSSR count). The van der Waals surface area contributed by atoms with Crippen LogP contribution in [0.25, 0.3) is 0 Å². The molecule has 0 atom stereocenters. The summed E-state index contributed by atoms with van der Waals surface area (Å²) in [7, 11) is 0. The van der Waals surface area contributed by atoms with E-state index in [4.69, 9.17) is 4.74 Å². The molecule has 1 heterocycles. The molecule has 0 saturated carbocycles. The third-order valence-corrected chi connectivity index (χ3v) is 4.25. The highest BCUT2D eigenvalue weighted by atomic mass is 19.4. The molecule has 0 fully saturated rings. The topological polar surface area (TPSA) is 45.6 Å². The lowest BCUT2D eigenvalue weighted by atomic mass is 10.1. The molecule has 0 amide bonds. The number of pyridine rings is 1. The summed E-state index contributed by atoms with van der Waals surface area (Å²) >= 11 is 0. The first-order chi connectivity index (χ1) is 13.9. The second-order valence-corrected chi connectivity index (χ2v) is 6.57. The van der Waals surface area contributed by atoms with Crippen molar-refractivity contribution >= 4 is 0 Å². The molecule has 0 spiro atoms. The Labute approximate surface area is 167 Å². The van der Waals surface area contributed by atoms with Gasteiger partial charge in [0.1, 0.15) is 11.5 Å². The monoisotopic (exact) mass is 402 g/mol. The molecule has 1 aromatic heterocycles. The smallest absolute Gasteiger partial charge is 0.416 e. The summed E-state index contributed by atoms with van der Waals surface area (Å²) in [5, 5.41) is 9.36. The van der Waals surface area contributed by atoms with Gasteiger partial charge < -0.3 is 9.84 Å². The van der Waals surface area contributed by atoms with Gasteiger partial charge in [-0.15, -0.1) is 0 Å². The average Bonchev–Trinajstić information content (AvgIpc) is 2.69. The van der Waals surface area contributed by atoms with Crippen LogP contribution in [0, 0.1) is 0 Å². The van der Waals surface area contributed by atoms with E-state index in [0.717, 1.165) is 23.3 Å². The number of halogens is 3. The lowest BCUT2D eigenvalue weighted by Gasteiger charge is -2.21. The van der Waals surface area contributed by atoms with Gasteiger partial charge in [0.2, 0.25) is 0 Å². The number of aliphatic hydroxyl groups excluding tert-OH is 1. The molecule has 0 unspecified atom stereocenters. The highest BCUT2D eigenvalue weighted by Crippen LogP contribution is 2.32. The fourth-order valence-corrected chi connectivity index (χ4v) is 2.94. The van der Waals surface area contributed by atoms with Crippen LogP contribution in [0.1, 0.15) is 16.7 Å². The zero-order valence-corrected chi connectivity index (χ0v) is 15.6. The molecule has 0 radical (unpaired) electrons. The van der Waals surface area contributed by atoms with Gasteiger partial charge in [0, 0.05) is 32.0 Å². The van der Waals surface area contributed by atoms with Gasteiger partial charge >= 0.3 is 6.18 Å². The van der Waals surface area contributed by atoms with Gasteiger partial charge in [0.05, 0.1) is 12.2 Å². The van der Waals surface area contributed by atoms with Crippen LogP contribution in [0.3, 0.4) is 0 Å². The van der Waals surface area contributed by atoms with E-state index in [2.05, 4.69) is 9.88 Å². The van der Waals surface area contributed by atoms with E-state index >= 15 is 0 Å². The van der Waals surface area contributed by atoms with E-state index in [9.17, 15) is 18.3 Å². The van der Waals surface area contributed by atoms with Crippen LogP contribution in [-0.4, -0.2) is 28.1 Å². The molecule has 2 aromatic carbocycles. The molecule has 0 saturated heterocycles. The van der Waals surface area contributed by atoms with Gasteiger partial charge in [-0.3, -0.25) is 9.88 Å². The Morgan fingerprint density at radius 3 is 2.28 bits per heavy atom. The zero-order chi connectivity index (χ0) is 20.7. The fourth-order valence-electron chi connectivity index (χ4n) is 2.94. The summed E-state index contributed by atoms with van der Waals surface area (Å²) < 4.78 is 44.3. The molecular weight excluding hydrogens is 381 g/mol. The molecule has 3 aromatic rings. The third-order valence-electron chi connectivity index (χ3n) is 4.25. The average molecular weight is 402 g/mol.